The van der Waals surface area contributed by atoms with E-state index in [4.69, 9.17) is 4.42 Å². The number of aryl methyl sites for hydroxylation is 1. The van der Waals surface area contributed by atoms with E-state index in [0.717, 1.165) is 17.7 Å². The number of halogens is 1. The van der Waals surface area contributed by atoms with Crippen LogP contribution in [0.3, 0.4) is 0 Å². The Morgan fingerprint density at radius 3 is 2.40 bits per heavy atom. The molecule has 5 aromatic rings. The average molecular weight is 467 g/mol. The molecular formula is C27H18FN3O4. The number of para-hydroxylation sites is 1. The molecule has 0 spiro atoms. The number of aromatic nitrogens is 2. The zero-order chi connectivity index (χ0) is 24.5. The number of ketones is 1. The van der Waals surface area contributed by atoms with Crippen LogP contribution in [0.5, 0.6) is 0 Å². The van der Waals surface area contributed by atoms with E-state index < -0.39 is 22.9 Å². The average Bonchev–Trinajstić information content (AvgIpc) is 3.23. The van der Waals surface area contributed by atoms with Crippen molar-refractivity contribution in [3.63, 3.8) is 0 Å². The predicted octanol–water partition coefficient (Wildman–Crippen LogP) is 4.91. The van der Waals surface area contributed by atoms with Crippen molar-refractivity contribution in [2.75, 3.05) is 5.32 Å². The molecule has 7 nitrogen and oxygen atoms in total. The number of nitrogens with zero attached hydrogens (tertiary/aromatic N) is 2. The second kappa shape index (κ2) is 8.83. The van der Waals surface area contributed by atoms with Gasteiger partial charge in [0.25, 0.3) is 5.91 Å². The molecule has 0 aliphatic heterocycles. The summed E-state index contributed by atoms with van der Waals surface area (Å²) in [6, 6.07) is 20.4. The third kappa shape index (κ3) is 4.24. The highest BCUT2D eigenvalue weighted by Crippen LogP contribution is 2.32. The minimum Gasteiger partial charge on any atom is -0.450 e. The fraction of sp³-hybridized carbons (Fsp3) is 0.0370. The molecule has 1 amide bonds. The van der Waals surface area contributed by atoms with Gasteiger partial charge in [0.05, 0.1) is 11.4 Å². The highest BCUT2D eigenvalue weighted by Gasteiger charge is 2.25. The van der Waals surface area contributed by atoms with Crippen molar-refractivity contribution in [3.8, 4) is 5.69 Å². The predicted molar refractivity (Wildman–Crippen MR) is 129 cm³/mol. The van der Waals surface area contributed by atoms with Gasteiger partial charge in [-0.05, 0) is 55.5 Å². The van der Waals surface area contributed by atoms with Crippen LogP contribution in [0.25, 0.3) is 16.7 Å². The van der Waals surface area contributed by atoms with Gasteiger partial charge in [-0.2, -0.15) is 5.10 Å². The van der Waals surface area contributed by atoms with Gasteiger partial charge in [-0.1, -0.05) is 29.8 Å². The van der Waals surface area contributed by atoms with E-state index in [0.29, 0.717) is 16.7 Å². The van der Waals surface area contributed by atoms with Gasteiger partial charge in [-0.3, -0.25) is 14.4 Å². The summed E-state index contributed by atoms with van der Waals surface area (Å²) >= 11 is 0. The molecule has 3 aromatic carbocycles. The first-order valence-corrected chi connectivity index (χ1v) is 10.7. The van der Waals surface area contributed by atoms with Gasteiger partial charge in [0.1, 0.15) is 11.4 Å². The summed E-state index contributed by atoms with van der Waals surface area (Å²) in [7, 11) is 0. The highest BCUT2D eigenvalue weighted by atomic mass is 19.1. The van der Waals surface area contributed by atoms with Gasteiger partial charge in [0.2, 0.25) is 11.2 Å². The van der Waals surface area contributed by atoms with Gasteiger partial charge in [0, 0.05) is 23.2 Å². The fourth-order valence-corrected chi connectivity index (χ4v) is 3.64. The van der Waals surface area contributed by atoms with Crippen molar-refractivity contribution in [2.45, 2.75) is 6.92 Å². The van der Waals surface area contributed by atoms with Crippen molar-refractivity contribution < 1.29 is 18.4 Å². The van der Waals surface area contributed by atoms with Gasteiger partial charge in [-0.25, -0.2) is 9.07 Å². The van der Waals surface area contributed by atoms with Gasteiger partial charge in [-0.15, -0.1) is 0 Å². The number of carbonyl (C=O) groups is 2. The Hall–Kier alpha value is -4.85. The summed E-state index contributed by atoms with van der Waals surface area (Å²) in [4.78, 5) is 38.8. The molecular weight excluding hydrogens is 449 g/mol. The van der Waals surface area contributed by atoms with E-state index in [2.05, 4.69) is 10.4 Å². The lowest BCUT2D eigenvalue weighted by molar-refractivity contribution is 0.101. The third-order valence-corrected chi connectivity index (χ3v) is 5.47. The van der Waals surface area contributed by atoms with E-state index in [1.807, 2.05) is 31.2 Å². The summed E-state index contributed by atoms with van der Waals surface area (Å²) in [5, 5.41) is 7.32. The van der Waals surface area contributed by atoms with Crippen molar-refractivity contribution in [2.24, 2.45) is 0 Å². The Morgan fingerprint density at radius 2 is 1.66 bits per heavy atom. The molecule has 35 heavy (non-hydrogen) atoms. The molecule has 8 heteroatoms. The van der Waals surface area contributed by atoms with Crippen molar-refractivity contribution in [1.29, 1.82) is 0 Å². The number of fused-ring (bicyclic) bond motifs is 1. The van der Waals surface area contributed by atoms with Crippen LogP contribution in [0.1, 0.15) is 32.2 Å². The third-order valence-electron chi connectivity index (χ3n) is 5.47. The molecule has 2 aromatic heterocycles. The van der Waals surface area contributed by atoms with Crippen LogP contribution in [0.4, 0.5) is 10.1 Å². The maximum absolute atomic E-state index is 13.3. The number of carbonyl (C=O) groups excluding carboxylic acids is 2. The van der Waals surface area contributed by atoms with Crippen LogP contribution in [-0.4, -0.2) is 21.5 Å². The zero-order valence-corrected chi connectivity index (χ0v) is 18.5. The van der Waals surface area contributed by atoms with Crippen molar-refractivity contribution in [1.82, 2.24) is 9.78 Å². The monoisotopic (exact) mass is 467 g/mol. The molecule has 0 fully saturated rings. The quantitative estimate of drug-likeness (QED) is 0.371. The van der Waals surface area contributed by atoms with E-state index in [1.165, 1.54) is 29.1 Å². The molecule has 0 aliphatic rings. The number of hydrogen-bond donors (Lipinski definition) is 1. The van der Waals surface area contributed by atoms with E-state index >= 15 is 0 Å². The van der Waals surface area contributed by atoms with E-state index in [9.17, 15) is 18.8 Å². The number of hydrogen-bond acceptors (Lipinski definition) is 5. The van der Waals surface area contributed by atoms with Crippen LogP contribution >= 0.6 is 0 Å². The number of furan rings is 1. The van der Waals surface area contributed by atoms with Crippen molar-refractivity contribution in [3.05, 3.63) is 124 Å². The maximum atomic E-state index is 13.3. The van der Waals surface area contributed by atoms with E-state index in [1.54, 1.807) is 24.3 Å². The van der Waals surface area contributed by atoms with Crippen LogP contribution in [0.2, 0.25) is 0 Å². The van der Waals surface area contributed by atoms with Gasteiger partial charge >= 0.3 is 0 Å². The smallest absolute Gasteiger partial charge is 0.280 e. The Bertz CT molecular complexity index is 1630. The molecule has 0 bridgehead atoms. The summed E-state index contributed by atoms with van der Waals surface area (Å²) in [6.07, 6.45) is 1.47. The number of amides is 1. The lowest BCUT2D eigenvalue weighted by Gasteiger charge is -2.09. The lowest BCUT2D eigenvalue weighted by Crippen LogP contribution is -2.26. The fourth-order valence-electron chi connectivity index (χ4n) is 3.64. The highest BCUT2D eigenvalue weighted by molar-refractivity contribution is 6.18. The molecule has 0 aliphatic carbocycles. The van der Waals surface area contributed by atoms with Crippen LogP contribution in [0, 0.1) is 12.7 Å². The summed E-state index contributed by atoms with van der Waals surface area (Å²) in [6.45, 7) is 1.95. The molecule has 0 atom stereocenters. The zero-order valence-electron chi connectivity index (χ0n) is 18.5. The normalized spacial score (nSPS) is 10.9. The molecule has 0 unspecified atom stereocenters. The summed E-state index contributed by atoms with van der Waals surface area (Å²) < 4.78 is 20.5. The Kier molecular flexibility index (Phi) is 5.54. The number of nitrogens with one attached hydrogen (secondary N) is 1. The number of benzene rings is 3. The minimum atomic E-state index is -0.795. The molecule has 1 N–H and O–H groups in total. The molecule has 0 saturated carbocycles. The van der Waals surface area contributed by atoms with E-state index in [-0.39, 0.29) is 22.7 Å². The molecule has 2 heterocycles. The van der Waals surface area contributed by atoms with Crippen LogP contribution in [-0.2, 0) is 0 Å². The maximum Gasteiger partial charge on any atom is 0.280 e. The second-order valence-corrected chi connectivity index (χ2v) is 7.90. The Labute approximate surface area is 198 Å². The number of rotatable bonds is 5. The van der Waals surface area contributed by atoms with Gasteiger partial charge in [0.15, 0.2) is 11.5 Å². The summed E-state index contributed by atoms with van der Waals surface area (Å²) in [5.74, 6) is -1.97. The molecule has 172 valence electrons. The van der Waals surface area contributed by atoms with Crippen molar-refractivity contribution >= 4 is 28.3 Å². The Balaban J connectivity index is 1.55. The van der Waals surface area contributed by atoms with Gasteiger partial charge < -0.3 is 9.73 Å². The first-order valence-electron chi connectivity index (χ1n) is 10.7. The standard InChI is InChI=1S/C27H18FN3O4/c1-16-6-12-19(13-7-16)31-15-14-21(32)24(30-31)27(34)29-23-20-4-2-3-5-22(20)35-26(23)25(33)17-8-10-18(28)11-9-17/h2-15H,1H3,(H,29,34). The molecule has 0 saturated heterocycles. The summed E-state index contributed by atoms with van der Waals surface area (Å²) in [5.41, 5.74) is 1.45. The lowest BCUT2D eigenvalue weighted by atomic mass is 10.1. The van der Waals surface area contributed by atoms with Crippen LogP contribution < -0.4 is 10.7 Å². The minimum absolute atomic E-state index is 0.104. The van der Waals surface area contributed by atoms with Crippen LogP contribution in [0.15, 0.2) is 94.3 Å². The topological polar surface area (TPSA) is 94.2 Å². The first kappa shape index (κ1) is 22.0. The first-order chi connectivity index (χ1) is 16.9. The Morgan fingerprint density at radius 1 is 0.943 bits per heavy atom. The second-order valence-electron chi connectivity index (χ2n) is 7.90. The largest absolute Gasteiger partial charge is 0.450 e. The number of anilines is 1. The molecule has 5 rings (SSSR count). The molecule has 0 radical (unpaired) electrons. The SMILES string of the molecule is Cc1ccc(-n2ccc(=O)c(C(=O)Nc3c(C(=O)c4ccc(F)cc4)oc4ccccc34)n2)cc1.